The number of piperidine rings is 1. The van der Waals surface area contributed by atoms with Gasteiger partial charge in [-0.05, 0) is 57.3 Å². The highest BCUT2D eigenvalue weighted by atomic mass is 35.5. The molecule has 0 radical (unpaired) electrons. The number of anilines is 1. The lowest BCUT2D eigenvalue weighted by atomic mass is 9.91. The van der Waals surface area contributed by atoms with E-state index in [1.165, 1.54) is 4.90 Å². The molecule has 0 spiro atoms. The molecule has 11 heteroatoms. The molecule has 3 rings (SSSR count). The number of benzene rings is 1. The number of carboxylic acids is 1. The number of nitrogens with one attached hydrogen (secondary N) is 2. The molecule has 0 aliphatic carbocycles. The molecule has 34 heavy (non-hydrogen) atoms. The quantitative estimate of drug-likeness (QED) is 0.403. The number of fused-ring (bicyclic) bond motifs is 1. The zero-order chi connectivity index (χ0) is 22.9. The van der Waals surface area contributed by atoms with Gasteiger partial charge in [-0.3, -0.25) is 24.6 Å². The van der Waals surface area contributed by atoms with Gasteiger partial charge in [0, 0.05) is 0 Å². The van der Waals surface area contributed by atoms with Crippen LogP contribution in [0.15, 0.2) is 24.3 Å². The maximum absolute atomic E-state index is 13.2. The molecular formula is C23H35Cl2N3O6. The predicted octanol–water partition coefficient (Wildman–Crippen LogP) is 2.40. The van der Waals surface area contributed by atoms with Gasteiger partial charge in [0.1, 0.15) is 31.0 Å². The summed E-state index contributed by atoms with van der Waals surface area (Å²) in [6, 6.07) is 5.30. The zero-order valence-electron chi connectivity index (χ0n) is 19.4. The van der Waals surface area contributed by atoms with E-state index in [1.54, 1.807) is 31.2 Å². The second kappa shape index (κ2) is 15.0. The molecule has 0 bridgehead atoms. The number of aliphatic carboxylic acids is 1. The molecule has 9 nitrogen and oxygen atoms in total. The average molecular weight is 520 g/mol. The molecule has 1 aromatic rings. The third-order valence-electron chi connectivity index (χ3n) is 5.96. The van der Waals surface area contributed by atoms with Crippen molar-refractivity contribution in [1.29, 1.82) is 0 Å². The van der Waals surface area contributed by atoms with Crippen molar-refractivity contribution in [2.75, 3.05) is 37.7 Å². The highest BCUT2D eigenvalue weighted by Gasteiger charge is 2.35. The summed E-state index contributed by atoms with van der Waals surface area (Å²) in [5.41, 5.74) is 0.405. The lowest BCUT2D eigenvalue weighted by Crippen LogP contribution is -2.54. The summed E-state index contributed by atoms with van der Waals surface area (Å²) < 4.78 is 11.0. The van der Waals surface area contributed by atoms with E-state index < -0.39 is 36.5 Å². The molecule has 2 aliphatic rings. The summed E-state index contributed by atoms with van der Waals surface area (Å²) in [6.07, 6.45) is 4.66. The Balaban J connectivity index is 0.00000289. The monoisotopic (exact) mass is 519 g/mol. The van der Waals surface area contributed by atoms with E-state index in [4.69, 9.17) is 9.47 Å². The van der Waals surface area contributed by atoms with Gasteiger partial charge in [0.2, 0.25) is 5.91 Å². The zero-order valence-corrected chi connectivity index (χ0v) is 21.0. The van der Waals surface area contributed by atoms with Crippen LogP contribution in [0.3, 0.4) is 0 Å². The molecule has 1 unspecified atom stereocenters. The number of para-hydroxylation sites is 2. The molecule has 2 aliphatic heterocycles. The number of hydrogen-bond acceptors (Lipinski definition) is 7. The maximum Gasteiger partial charge on any atom is 0.323 e. The first kappa shape index (κ1) is 30.0. The minimum absolute atomic E-state index is 0. The minimum atomic E-state index is -1.13. The van der Waals surface area contributed by atoms with Crippen LogP contribution >= 0.6 is 24.8 Å². The second-order valence-corrected chi connectivity index (χ2v) is 8.25. The van der Waals surface area contributed by atoms with E-state index in [9.17, 15) is 19.5 Å². The standard InChI is InChI=1S/C23H33N3O6.2ClH/c1-2-31-23(30)17(7-5-6-16-10-12-24-13-11-16)25-18-15-32-20-9-4-3-8-19(20)26(22(18)29)14-21(27)28;;/h3-4,8-9,16-18,24-25H,2,5-7,10-15H2,1H3,(H,27,28);2*1H/t17-,18?;;/m1../s1. The number of ether oxygens (including phenoxy) is 2. The van der Waals surface area contributed by atoms with Crippen LogP contribution in [0.1, 0.15) is 39.0 Å². The Bertz CT molecular complexity index is 807. The normalized spacial score (nSPS) is 18.9. The van der Waals surface area contributed by atoms with Gasteiger partial charge in [-0.25, -0.2) is 0 Å². The van der Waals surface area contributed by atoms with Crippen molar-refractivity contribution in [3.05, 3.63) is 24.3 Å². The summed E-state index contributed by atoms with van der Waals surface area (Å²) in [5.74, 6) is -0.896. The predicted molar refractivity (Wildman–Crippen MR) is 133 cm³/mol. The number of nitrogens with zero attached hydrogens (tertiary/aromatic N) is 1. The lowest BCUT2D eigenvalue weighted by Gasteiger charge is -2.27. The highest BCUT2D eigenvalue weighted by molar-refractivity contribution is 6.02. The van der Waals surface area contributed by atoms with Gasteiger partial charge in [0.05, 0.1) is 12.3 Å². The molecule has 1 fully saturated rings. The first-order valence-corrected chi connectivity index (χ1v) is 11.4. The van der Waals surface area contributed by atoms with Crippen molar-refractivity contribution >= 4 is 48.3 Å². The molecular weight excluding hydrogens is 485 g/mol. The van der Waals surface area contributed by atoms with Gasteiger partial charge in [0.15, 0.2) is 0 Å². The fraction of sp³-hybridized carbons (Fsp3) is 0.609. The summed E-state index contributed by atoms with van der Waals surface area (Å²) in [5, 5.41) is 15.8. The van der Waals surface area contributed by atoms with E-state index in [0.717, 1.165) is 38.8 Å². The van der Waals surface area contributed by atoms with Crippen molar-refractivity contribution in [3.63, 3.8) is 0 Å². The van der Waals surface area contributed by atoms with Gasteiger partial charge < -0.3 is 19.9 Å². The molecule has 1 aromatic carbocycles. The Labute approximate surface area is 212 Å². The topological polar surface area (TPSA) is 117 Å². The van der Waals surface area contributed by atoms with Gasteiger partial charge in [-0.15, -0.1) is 24.8 Å². The molecule has 2 heterocycles. The molecule has 1 amide bonds. The van der Waals surface area contributed by atoms with Crippen LogP contribution in [0.25, 0.3) is 0 Å². The molecule has 192 valence electrons. The summed E-state index contributed by atoms with van der Waals surface area (Å²) >= 11 is 0. The average Bonchev–Trinajstić information content (AvgIpc) is 2.91. The van der Waals surface area contributed by atoms with Crippen molar-refractivity contribution in [2.24, 2.45) is 5.92 Å². The van der Waals surface area contributed by atoms with Crippen LogP contribution in [0.2, 0.25) is 0 Å². The van der Waals surface area contributed by atoms with Crippen LogP contribution in [0.5, 0.6) is 5.75 Å². The van der Waals surface area contributed by atoms with Crippen LogP contribution < -0.4 is 20.3 Å². The number of hydrogen-bond donors (Lipinski definition) is 3. The lowest BCUT2D eigenvalue weighted by molar-refractivity contribution is -0.146. The minimum Gasteiger partial charge on any atom is -0.489 e. The van der Waals surface area contributed by atoms with Crippen molar-refractivity contribution < 1.29 is 29.0 Å². The Morgan fingerprint density at radius 1 is 1.26 bits per heavy atom. The van der Waals surface area contributed by atoms with Crippen LogP contribution in [0, 0.1) is 5.92 Å². The molecule has 1 saturated heterocycles. The first-order valence-electron chi connectivity index (χ1n) is 11.4. The second-order valence-electron chi connectivity index (χ2n) is 8.25. The van der Waals surface area contributed by atoms with Crippen molar-refractivity contribution in [1.82, 2.24) is 10.6 Å². The highest BCUT2D eigenvalue weighted by Crippen LogP contribution is 2.31. The largest absolute Gasteiger partial charge is 0.489 e. The van der Waals surface area contributed by atoms with Crippen LogP contribution in [-0.4, -0.2) is 67.9 Å². The van der Waals surface area contributed by atoms with Gasteiger partial charge in [-0.1, -0.05) is 25.0 Å². The first-order chi connectivity index (χ1) is 15.5. The van der Waals surface area contributed by atoms with E-state index in [1.807, 2.05) is 0 Å². The Morgan fingerprint density at radius 3 is 2.65 bits per heavy atom. The Kier molecular flexibility index (Phi) is 13.2. The summed E-state index contributed by atoms with van der Waals surface area (Å²) in [7, 11) is 0. The smallest absolute Gasteiger partial charge is 0.323 e. The number of carboxylic acid groups (broad SMARTS) is 1. The van der Waals surface area contributed by atoms with Crippen LogP contribution in [-0.2, 0) is 19.1 Å². The van der Waals surface area contributed by atoms with E-state index >= 15 is 0 Å². The fourth-order valence-corrected chi connectivity index (χ4v) is 4.31. The number of amides is 1. The number of esters is 1. The fourth-order valence-electron chi connectivity index (χ4n) is 4.31. The van der Waals surface area contributed by atoms with Gasteiger partial charge >= 0.3 is 11.9 Å². The maximum atomic E-state index is 13.2. The van der Waals surface area contributed by atoms with E-state index in [2.05, 4.69) is 10.6 Å². The third kappa shape index (κ3) is 8.30. The third-order valence-corrected chi connectivity index (χ3v) is 5.96. The number of carbonyl (C=O) groups excluding carboxylic acids is 2. The van der Waals surface area contributed by atoms with Gasteiger partial charge in [-0.2, -0.15) is 0 Å². The van der Waals surface area contributed by atoms with Gasteiger partial charge in [0.25, 0.3) is 0 Å². The molecule has 0 aromatic heterocycles. The molecule has 0 saturated carbocycles. The van der Waals surface area contributed by atoms with E-state index in [0.29, 0.717) is 23.8 Å². The molecule has 2 atom stereocenters. The number of carbonyl (C=O) groups is 3. The number of halogens is 2. The summed E-state index contributed by atoms with van der Waals surface area (Å²) in [6.45, 7) is 3.55. The van der Waals surface area contributed by atoms with Crippen molar-refractivity contribution in [2.45, 2.75) is 51.1 Å². The summed E-state index contributed by atoms with van der Waals surface area (Å²) in [4.78, 5) is 38.5. The van der Waals surface area contributed by atoms with Crippen molar-refractivity contribution in [3.8, 4) is 5.75 Å². The Hall–Kier alpha value is -2.07. The Morgan fingerprint density at radius 2 is 1.97 bits per heavy atom. The van der Waals surface area contributed by atoms with Crippen LogP contribution in [0.4, 0.5) is 5.69 Å². The number of rotatable bonds is 10. The molecule has 3 N–H and O–H groups in total. The SMILES string of the molecule is CCOC(=O)[C@@H](CCCC1CCNCC1)NC1COc2ccccc2N(CC(=O)O)C1=O.Cl.Cl. The van der Waals surface area contributed by atoms with E-state index in [-0.39, 0.29) is 38.0 Å².